The van der Waals surface area contributed by atoms with Gasteiger partial charge in [0.1, 0.15) is 0 Å². The average Bonchev–Trinajstić information content (AvgIpc) is 3.02. The third-order valence-electron chi connectivity index (χ3n) is 3.54. The van der Waals surface area contributed by atoms with Gasteiger partial charge in [-0.1, -0.05) is 23.9 Å². The van der Waals surface area contributed by atoms with E-state index in [2.05, 4.69) is 21.3 Å². The van der Waals surface area contributed by atoms with E-state index in [1.807, 2.05) is 25.1 Å². The van der Waals surface area contributed by atoms with E-state index in [0.29, 0.717) is 18.1 Å². The van der Waals surface area contributed by atoms with E-state index in [4.69, 9.17) is 14.2 Å². The lowest BCUT2D eigenvalue weighted by atomic mass is 10.2. The molecule has 136 valence electrons. The molecule has 0 spiro atoms. The first-order chi connectivity index (χ1) is 12.1. The topological polar surface area (TPSA) is 58.4 Å². The Morgan fingerprint density at radius 3 is 2.56 bits per heavy atom. The highest BCUT2D eigenvalue weighted by Crippen LogP contribution is 2.33. The minimum atomic E-state index is 0.669. The van der Waals surface area contributed by atoms with Crippen LogP contribution in [0.3, 0.4) is 0 Å². The highest BCUT2D eigenvalue weighted by atomic mass is 32.2. The summed E-state index contributed by atoms with van der Waals surface area (Å²) in [5.41, 5.74) is 2.04. The molecule has 0 unspecified atom stereocenters. The van der Waals surface area contributed by atoms with Crippen molar-refractivity contribution in [2.24, 2.45) is 0 Å². The monoisotopic (exact) mass is 363 g/mol. The number of hydrogen-bond acceptors (Lipinski definition) is 6. The summed E-state index contributed by atoms with van der Waals surface area (Å²) in [5.74, 6) is 2.98. The van der Waals surface area contributed by atoms with Crippen LogP contribution in [0.25, 0.3) is 11.4 Å². The van der Waals surface area contributed by atoms with Crippen molar-refractivity contribution in [3.63, 3.8) is 0 Å². The van der Waals surface area contributed by atoms with Gasteiger partial charge in [-0.2, -0.15) is 0 Å². The third kappa shape index (κ3) is 4.99. The quantitative estimate of drug-likeness (QED) is 0.365. The summed E-state index contributed by atoms with van der Waals surface area (Å²) in [5, 5.41) is 9.64. The van der Waals surface area contributed by atoms with Crippen LogP contribution in [0.4, 0.5) is 0 Å². The highest BCUT2D eigenvalue weighted by Gasteiger charge is 2.16. The summed E-state index contributed by atoms with van der Waals surface area (Å²) >= 11 is 1.64. The van der Waals surface area contributed by atoms with Gasteiger partial charge in [0.15, 0.2) is 22.5 Å². The van der Waals surface area contributed by atoms with Crippen LogP contribution in [-0.2, 0) is 11.3 Å². The van der Waals surface area contributed by atoms with Gasteiger partial charge in [-0.15, -0.1) is 10.2 Å². The third-order valence-corrected chi connectivity index (χ3v) is 4.73. The second kappa shape index (κ2) is 9.48. The van der Waals surface area contributed by atoms with E-state index < -0.39 is 0 Å². The van der Waals surface area contributed by atoms with Crippen LogP contribution < -0.4 is 9.47 Å². The van der Waals surface area contributed by atoms with Crippen molar-refractivity contribution in [2.75, 3.05) is 33.7 Å². The van der Waals surface area contributed by atoms with E-state index in [-0.39, 0.29) is 0 Å². The molecule has 0 N–H and O–H groups in total. The van der Waals surface area contributed by atoms with Crippen LogP contribution in [-0.4, -0.2) is 48.5 Å². The summed E-state index contributed by atoms with van der Waals surface area (Å²) in [7, 11) is 4.95. The Labute approximate surface area is 153 Å². The molecule has 0 fully saturated rings. The number of thioether (sulfide) groups is 1. The molecule has 25 heavy (non-hydrogen) atoms. The second-order valence-electron chi connectivity index (χ2n) is 5.62. The molecule has 0 radical (unpaired) electrons. The lowest BCUT2D eigenvalue weighted by molar-refractivity contribution is 0.189. The normalized spacial score (nSPS) is 10.7. The Hall–Kier alpha value is -1.99. The van der Waals surface area contributed by atoms with Crippen molar-refractivity contribution in [3.05, 3.63) is 30.4 Å². The van der Waals surface area contributed by atoms with Crippen molar-refractivity contribution in [2.45, 2.75) is 25.0 Å². The molecular formula is C18H25N3O3S. The molecule has 1 heterocycles. The lowest BCUT2D eigenvalue weighted by Crippen LogP contribution is -2.05. The van der Waals surface area contributed by atoms with Gasteiger partial charge in [-0.05, 0) is 31.5 Å². The van der Waals surface area contributed by atoms with E-state index in [1.54, 1.807) is 33.1 Å². The molecule has 0 amide bonds. The van der Waals surface area contributed by atoms with Crippen LogP contribution >= 0.6 is 11.8 Å². The zero-order chi connectivity index (χ0) is 18.2. The van der Waals surface area contributed by atoms with Gasteiger partial charge in [-0.3, -0.25) is 0 Å². The predicted octanol–water partition coefficient (Wildman–Crippen LogP) is 3.67. The fourth-order valence-corrected chi connectivity index (χ4v) is 3.15. The molecule has 2 rings (SSSR count). The highest BCUT2D eigenvalue weighted by molar-refractivity contribution is 7.99. The van der Waals surface area contributed by atoms with Crippen molar-refractivity contribution >= 4 is 11.8 Å². The van der Waals surface area contributed by atoms with Gasteiger partial charge in [0, 0.05) is 31.6 Å². The molecule has 1 aromatic carbocycles. The average molecular weight is 363 g/mol. The lowest BCUT2D eigenvalue weighted by Gasteiger charge is -2.12. The molecule has 0 aliphatic rings. The molecule has 0 aliphatic carbocycles. The smallest absolute Gasteiger partial charge is 0.191 e. The van der Waals surface area contributed by atoms with E-state index in [1.165, 1.54) is 0 Å². The molecule has 0 saturated heterocycles. The van der Waals surface area contributed by atoms with E-state index in [9.17, 15) is 0 Å². The van der Waals surface area contributed by atoms with Crippen molar-refractivity contribution < 1.29 is 14.2 Å². The van der Waals surface area contributed by atoms with Crippen LogP contribution in [0.2, 0.25) is 0 Å². The Bertz CT molecular complexity index is 716. The Kier molecular flexibility index (Phi) is 7.33. The number of rotatable bonds is 10. The maximum atomic E-state index is 5.40. The van der Waals surface area contributed by atoms with Gasteiger partial charge in [-0.25, -0.2) is 0 Å². The van der Waals surface area contributed by atoms with E-state index in [0.717, 1.165) is 40.8 Å². The minimum absolute atomic E-state index is 0.669. The molecule has 2 aromatic rings. The van der Waals surface area contributed by atoms with Crippen LogP contribution in [0.1, 0.15) is 13.3 Å². The number of nitrogens with zero attached hydrogens (tertiary/aromatic N) is 3. The summed E-state index contributed by atoms with van der Waals surface area (Å²) < 4.78 is 18.0. The molecule has 0 bridgehead atoms. The van der Waals surface area contributed by atoms with Crippen molar-refractivity contribution in [1.29, 1.82) is 0 Å². The Balaban J connectivity index is 2.36. The predicted molar refractivity (Wildman–Crippen MR) is 101 cm³/mol. The van der Waals surface area contributed by atoms with Gasteiger partial charge in [0.25, 0.3) is 0 Å². The molecule has 0 saturated carbocycles. The number of methoxy groups -OCH3 is 3. The summed E-state index contributed by atoms with van der Waals surface area (Å²) in [6, 6.07) is 5.76. The van der Waals surface area contributed by atoms with Gasteiger partial charge in [0.2, 0.25) is 0 Å². The van der Waals surface area contributed by atoms with E-state index >= 15 is 0 Å². The van der Waals surface area contributed by atoms with Crippen molar-refractivity contribution in [3.8, 4) is 22.9 Å². The number of benzene rings is 1. The first-order valence-electron chi connectivity index (χ1n) is 8.02. The fourth-order valence-electron chi connectivity index (χ4n) is 2.34. The van der Waals surface area contributed by atoms with Gasteiger partial charge >= 0.3 is 0 Å². The summed E-state index contributed by atoms with van der Waals surface area (Å²) in [6.07, 6.45) is 0.884. The number of aromatic nitrogens is 3. The zero-order valence-corrected chi connectivity index (χ0v) is 16.1. The van der Waals surface area contributed by atoms with Gasteiger partial charge in [0.05, 0.1) is 14.2 Å². The maximum Gasteiger partial charge on any atom is 0.191 e. The summed E-state index contributed by atoms with van der Waals surface area (Å²) in [6.45, 7) is 7.43. The largest absolute Gasteiger partial charge is 0.493 e. The molecule has 7 heteroatoms. The standard InChI is InChI=1S/C18H25N3O3S/c1-13(2)12-25-18-20-19-17(21(18)9-6-10-22-3)14-7-8-15(23-4)16(11-14)24-5/h7-8,11H,1,6,9-10,12H2,2-5H3. The first-order valence-corrected chi connectivity index (χ1v) is 9.01. The SMILES string of the molecule is C=C(C)CSc1nnc(-c2ccc(OC)c(OC)c2)n1CCCOC. The first kappa shape index (κ1) is 19.3. The summed E-state index contributed by atoms with van der Waals surface area (Å²) in [4.78, 5) is 0. The molecule has 1 aromatic heterocycles. The Morgan fingerprint density at radius 2 is 1.92 bits per heavy atom. The zero-order valence-electron chi connectivity index (χ0n) is 15.2. The van der Waals surface area contributed by atoms with Crippen LogP contribution in [0.15, 0.2) is 35.5 Å². The number of hydrogen-bond donors (Lipinski definition) is 0. The Morgan fingerprint density at radius 1 is 1.16 bits per heavy atom. The molecule has 0 atom stereocenters. The molecular weight excluding hydrogens is 338 g/mol. The van der Waals surface area contributed by atoms with Gasteiger partial charge < -0.3 is 18.8 Å². The number of ether oxygens (including phenoxy) is 3. The second-order valence-corrected chi connectivity index (χ2v) is 6.56. The fraction of sp³-hybridized carbons (Fsp3) is 0.444. The molecule has 0 aliphatic heterocycles. The minimum Gasteiger partial charge on any atom is -0.493 e. The maximum absolute atomic E-state index is 5.40. The van der Waals surface area contributed by atoms with Crippen LogP contribution in [0.5, 0.6) is 11.5 Å². The van der Waals surface area contributed by atoms with Crippen LogP contribution in [0, 0.1) is 0 Å². The van der Waals surface area contributed by atoms with Crippen molar-refractivity contribution in [1.82, 2.24) is 14.8 Å². The molecule has 6 nitrogen and oxygen atoms in total.